The first-order chi connectivity index (χ1) is 14.8. The molecule has 1 amide bonds. The number of carbonyl (C=O) groups excluding carboxylic acids is 1. The molecular formula is C24H35N3O4. The molecule has 0 saturated carbocycles. The maximum Gasteiger partial charge on any atom is 0.287 e. The van der Waals surface area contributed by atoms with Gasteiger partial charge < -0.3 is 29.4 Å². The van der Waals surface area contributed by atoms with Gasteiger partial charge in [-0.05, 0) is 52.4 Å². The smallest absolute Gasteiger partial charge is 0.287 e. The predicted molar refractivity (Wildman–Crippen MR) is 121 cm³/mol. The van der Waals surface area contributed by atoms with Gasteiger partial charge in [0, 0.05) is 55.7 Å². The fourth-order valence-corrected chi connectivity index (χ4v) is 4.81. The van der Waals surface area contributed by atoms with Gasteiger partial charge in [-0.25, -0.2) is 0 Å². The number of aryl methyl sites for hydroxylation is 1. The molecule has 4 rings (SSSR count). The maximum atomic E-state index is 12.8. The topological polar surface area (TPSA) is 78.2 Å². The van der Waals surface area contributed by atoms with Gasteiger partial charge in [0.15, 0.2) is 5.76 Å². The van der Waals surface area contributed by atoms with Crippen LogP contribution < -0.4 is 10.1 Å². The van der Waals surface area contributed by atoms with Crippen LogP contribution >= 0.6 is 0 Å². The van der Waals surface area contributed by atoms with Crippen molar-refractivity contribution in [2.75, 3.05) is 45.8 Å². The Hall–Kier alpha value is -2.09. The lowest BCUT2D eigenvalue weighted by Crippen LogP contribution is -2.46. The van der Waals surface area contributed by atoms with Crippen LogP contribution in [0.15, 0.2) is 16.5 Å². The molecule has 3 heterocycles. The molecule has 2 aliphatic rings. The summed E-state index contributed by atoms with van der Waals surface area (Å²) in [4.78, 5) is 17.7. The van der Waals surface area contributed by atoms with E-state index in [2.05, 4.69) is 22.0 Å². The highest BCUT2D eigenvalue weighted by atomic mass is 16.5. The van der Waals surface area contributed by atoms with Gasteiger partial charge >= 0.3 is 0 Å². The summed E-state index contributed by atoms with van der Waals surface area (Å²) in [5, 5.41) is 14.6. The average molecular weight is 430 g/mol. The van der Waals surface area contributed by atoms with Crippen molar-refractivity contribution in [2.45, 2.75) is 52.2 Å². The Morgan fingerprint density at radius 3 is 2.65 bits per heavy atom. The number of nitrogens with zero attached hydrogens (tertiary/aromatic N) is 2. The summed E-state index contributed by atoms with van der Waals surface area (Å²) >= 11 is 0. The minimum Gasteiger partial charge on any atom is -0.487 e. The van der Waals surface area contributed by atoms with Gasteiger partial charge in [-0.1, -0.05) is 6.92 Å². The monoisotopic (exact) mass is 429 g/mol. The normalized spacial score (nSPS) is 21.6. The van der Waals surface area contributed by atoms with Gasteiger partial charge in [0.05, 0.1) is 6.10 Å². The Morgan fingerprint density at radius 1 is 1.23 bits per heavy atom. The van der Waals surface area contributed by atoms with E-state index in [0.717, 1.165) is 62.2 Å². The van der Waals surface area contributed by atoms with Crippen molar-refractivity contribution in [2.24, 2.45) is 0 Å². The summed E-state index contributed by atoms with van der Waals surface area (Å²) in [6.07, 6.45) is 0.759. The zero-order valence-electron chi connectivity index (χ0n) is 19.2. The molecule has 1 aromatic carbocycles. The number of amides is 1. The van der Waals surface area contributed by atoms with Gasteiger partial charge in [0.25, 0.3) is 5.91 Å². The minimum atomic E-state index is -0.650. The first kappa shape index (κ1) is 22.1. The van der Waals surface area contributed by atoms with Crippen molar-refractivity contribution in [1.82, 2.24) is 15.1 Å². The highest BCUT2D eigenvalue weighted by Gasteiger charge is 2.35. The van der Waals surface area contributed by atoms with E-state index in [-0.39, 0.29) is 5.91 Å². The van der Waals surface area contributed by atoms with Gasteiger partial charge in [-0.3, -0.25) is 4.79 Å². The minimum absolute atomic E-state index is 0.204. The van der Waals surface area contributed by atoms with Gasteiger partial charge in [0.2, 0.25) is 0 Å². The first-order valence-electron chi connectivity index (χ1n) is 11.4. The molecule has 2 aromatic rings. The molecule has 1 atom stereocenters. The summed E-state index contributed by atoms with van der Waals surface area (Å²) < 4.78 is 12.0. The molecule has 1 fully saturated rings. The summed E-state index contributed by atoms with van der Waals surface area (Å²) in [5.74, 6) is 0.775. The molecule has 0 spiro atoms. The van der Waals surface area contributed by atoms with Crippen molar-refractivity contribution in [3.63, 3.8) is 0 Å². The van der Waals surface area contributed by atoms with E-state index >= 15 is 0 Å². The number of aliphatic hydroxyl groups excluding tert-OH is 1. The van der Waals surface area contributed by atoms with Gasteiger partial charge in [-0.2, -0.15) is 0 Å². The van der Waals surface area contributed by atoms with Gasteiger partial charge in [0.1, 0.15) is 16.9 Å². The summed E-state index contributed by atoms with van der Waals surface area (Å²) in [6, 6.07) is 3.65. The molecule has 170 valence electrons. The number of benzene rings is 1. The Balaban J connectivity index is 1.40. The number of piperazine rings is 1. The largest absolute Gasteiger partial charge is 0.487 e. The summed E-state index contributed by atoms with van der Waals surface area (Å²) in [6.45, 7) is 15.2. The van der Waals surface area contributed by atoms with Crippen LogP contribution in [0, 0.1) is 6.92 Å². The molecule has 2 aliphatic heterocycles. The third kappa shape index (κ3) is 4.59. The molecule has 7 heteroatoms. The molecule has 0 radical (unpaired) electrons. The number of likely N-dealkylation sites (N-methyl/N-ethyl adjacent to an activating group) is 1. The Bertz CT molecular complexity index is 944. The van der Waals surface area contributed by atoms with E-state index in [4.69, 9.17) is 9.15 Å². The number of aliphatic hydroxyl groups is 1. The number of rotatable bonds is 6. The average Bonchev–Trinajstić information content (AvgIpc) is 3.07. The van der Waals surface area contributed by atoms with Crippen molar-refractivity contribution >= 4 is 16.9 Å². The molecule has 0 aliphatic carbocycles. The van der Waals surface area contributed by atoms with Crippen LogP contribution in [0.25, 0.3) is 11.0 Å². The van der Waals surface area contributed by atoms with E-state index in [1.807, 2.05) is 32.9 Å². The van der Waals surface area contributed by atoms with Crippen LogP contribution in [-0.4, -0.2) is 72.2 Å². The number of hydrogen-bond acceptors (Lipinski definition) is 6. The van der Waals surface area contributed by atoms with Crippen molar-refractivity contribution in [3.05, 3.63) is 29.0 Å². The number of furan rings is 1. The zero-order valence-corrected chi connectivity index (χ0v) is 19.2. The number of ether oxygens (including phenoxy) is 1. The van der Waals surface area contributed by atoms with E-state index in [1.165, 1.54) is 0 Å². The molecular weight excluding hydrogens is 394 g/mol. The van der Waals surface area contributed by atoms with Crippen LogP contribution in [0.4, 0.5) is 0 Å². The number of nitrogens with one attached hydrogen (secondary N) is 1. The quantitative estimate of drug-likeness (QED) is 0.687. The number of carbonyl (C=O) groups is 1. The first-order valence-corrected chi connectivity index (χ1v) is 11.4. The van der Waals surface area contributed by atoms with E-state index in [9.17, 15) is 9.90 Å². The standard InChI is InChI=1S/C24H35N3O4/c1-5-26-11-13-27(14-12-26)10-6-9-25-23(29)22-16(2)20-18(30-22)7-8-19-21(20)17(28)15-24(3,4)31-19/h7-8,17,28H,5-6,9-15H2,1-4H3,(H,25,29)/t17-/m0/s1. The zero-order chi connectivity index (χ0) is 22.2. The second-order valence-corrected chi connectivity index (χ2v) is 9.37. The third-order valence-electron chi connectivity index (χ3n) is 6.55. The molecule has 1 aromatic heterocycles. The molecule has 31 heavy (non-hydrogen) atoms. The van der Waals surface area contributed by atoms with E-state index in [1.54, 1.807) is 0 Å². The number of hydrogen-bond donors (Lipinski definition) is 2. The fourth-order valence-electron chi connectivity index (χ4n) is 4.81. The molecule has 1 saturated heterocycles. The van der Waals surface area contributed by atoms with Crippen molar-refractivity contribution < 1.29 is 19.1 Å². The highest BCUT2D eigenvalue weighted by molar-refractivity contribution is 6.00. The Kier molecular flexibility index (Phi) is 6.28. The lowest BCUT2D eigenvalue weighted by atomic mass is 9.89. The Labute approximate surface area is 184 Å². The van der Waals surface area contributed by atoms with Crippen LogP contribution in [0.3, 0.4) is 0 Å². The van der Waals surface area contributed by atoms with Gasteiger partial charge in [-0.15, -0.1) is 0 Å². The Morgan fingerprint density at radius 2 is 1.94 bits per heavy atom. The molecule has 2 N–H and O–H groups in total. The SMILES string of the molecule is CCN1CCN(CCCNC(=O)c2oc3ccc4c(c3c2C)[C@@H](O)CC(C)(C)O4)CC1. The van der Waals surface area contributed by atoms with Crippen LogP contribution in [0.2, 0.25) is 0 Å². The van der Waals surface area contributed by atoms with Crippen molar-refractivity contribution in [1.29, 1.82) is 0 Å². The van der Waals surface area contributed by atoms with Crippen LogP contribution in [0.5, 0.6) is 5.75 Å². The van der Waals surface area contributed by atoms with Crippen molar-refractivity contribution in [3.8, 4) is 5.75 Å². The maximum absolute atomic E-state index is 12.8. The lowest BCUT2D eigenvalue weighted by Gasteiger charge is -2.35. The third-order valence-corrected chi connectivity index (χ3v) is 6.55. The van der Waals surface area contributed by atoms with Crippen LogP contribution in [0.1, 0.15) is 61.4 Å². The highest BCUT2D eigenvalue weighted by Crippen LogP contribution is 2.45. The van der Waals surface area contributed by atoms with Crippen LogP contribution in [-0.2, 0) is 0 Å². The lowest BCUT2D eigenvalue weighted by molar-refractivity contribution is 0.0126. The fraction of sp³-hybridized carbons (Fsp3) is 0.625. The van der Waals surface area contributed by atoms with E-state index < -0.39 is 11.7 Å². The molecule has 0 bridgehead atoms. The summed E-state index contributed by atoms with van der Waals surface area (Å²) in [7, 11) is 0. The molecule has 7 nitrogen and oxygen atoms in total. The van der Waals surface area contributed by atoms with E-state index in [0.29, 0.717) is 30.1 Å². The number of fused-ring (bicyclic) bond motifs is 3. The second-order valence-electron chi connectivity index (χ2n) is 9.37. The second kappa shape index (κ2) is 8.81. The summed E-state index contributed by atoms with van der Waals surface area (Å²) in [5.41, 5.74) is 1.66. The molecule has 0 unspecified atom stereocenters. The predicted octanol–water partition coefficient (Wildman–Crippen LogP) is 3.09.